The summed E-state index contributed by atoms with van der Waals surface area (Å²) in [7, 11) is 0. The van der Waals surface area contributed by atoms with Crippen LogP contribution in [0.1, 0.15) is 25.0 Å². The molecular weight excluding hydrogens is 264 g/mol. The first-order valence-corrected chi connectivity index (χ1v) is 6.75. The topological polar surface area (TPSA) is 84.0 Å². The number of hydrogen-bond donors (Lipinski definition) is 2. The summed E-state index contributed by atoms with van der Waals surface area (Å²) in [5.41, 5.74) is 8.53. The molecule has 1 aromatic carbocycles. The van der Waals surface area contributed by atoms with Crippen LogP contribution in [0.15, 0.2) is 36.5 Å². The molecule has 5 heteroatoms. The van der Waals surface area contributed by atoms with E-state index in [2.05, 4.69) is 16.4 Å². The Balaban J connectivity index is 2.16. The van der Waals surface area contributed by atoms with E-state index in [0.29, 0.717) is 23.7 Å². The van der Waals surface area contributed by atoms with Crippen molar-refractivity contribution in [3.8, 4) is 11.9 Å². The van der Waals surface area contributed by atoms with Gasteiger partial charge in [0.1, 0.15) is 6.07 Å². The van der Waals surface area contributed by atoms with Gasteiger partial charge >= 0.3 is 0 Å². The Morgan fingerprint density at radius 1 is 1.33 bits per heavy atom. The van der Waals surface area contributed by atoms with Gasteiger partial charge in [-0.3, -0.25) is 0 Å². The van der Waals surface area contributed by atoms with E-state index in [1.807, 2.05) is 32.0 Å². The van der Waals surface area contributed by atoms with Crippen molar-refractivity contribution >= 4 is 11.4 Å². The predicted octanol–water partition coefficient (Wildman–Crippen LogP) is 2.93. The fraction of sp³-hybridized carbons (Fsp3) is 0.250. The number of nitriles is 1. The first kappa shape index (κ1) is 14.7. The zero-order valence-electron chi connectivity index (χ0n) is 12.1. The van der Waals surface area contributed by atoms with Gasteiger partial charge in [0, 0.05) is 18.3 Å². The summed E-state index contributed by atoms with van der Waals surface area (Å²) in [6.07, 6.45) is 1.76. The number of nitrogen functional groups attached to an aromatic ring is 1. The Bertz CT molecular complexity index is 662. The van der Waals surface area contributed by atoms with E-state index in [1.54, 1.807) is 18.3 Å². The number of nitrogens with zero attached hydrogens (tertiary/aromatic N) is 2. The van der Waals surface area contributed by atoms with Crippen LogP contribution < -0.4 is 15.8 Å². The molecule has 0 spiro atoms. The summed E-state index contributed by atoms with van der Waals surface area (Å²) in [6, 6.07) is 11.2. The maximum absolute atomic E-state index is 8.98. The minimum atomic E-state index is 0.0608. The zero-order chi connectivity index (χ0) is 15.2. The Morgan fingerprint density at radius 2 is 2.14 bits per heavy atom. The Labute approximate surface area is 124 Å². The Kier molecular flexibility index (Phi) is 4.62. The van der Waals surface area contributed by atoms with Gasteiger partial charge in [0.2, 0.25) is 5.88 Å². The van der Waals surface area contributed by atoms with Crippen LogP contribution in [0.4, 0.5) is 11.4 Å². The lowest BCUT2D eigenvalue weighted by Crippen LogP contribution is -2.11. The number of anilines is 2. The number of nitrogens with two attached hydrogens (primary N) is 1. The van der Waals surface area contributed by atoms with Gasteiger partial charge < -0.3 is 15.8 Å². The Morgan fingerprint density at radius 3 is 2.86 bits per heavy atom. The molecule has 0 atom stereocenters. The molecule has 0 radical (unpaired) electrons. The van der Waals surface area contributed by atoms with Crippen molar-refractivity contribution in [1.82, 2.24) is 4.98 Å². The molecule has 1 aromatic heterocycles. The number of hydrogen-bond acceptors (Lipinski definition) is 5. The van der Waals surface area contributed by atoms with Crippen molar-refractivity contribution in [2.45, 2.75) is 26.5 Å². The number of para-hydroxylation sites is 1. The SMILES string of the molecule is CC(C)Oc1ncccc1CNc1cccc(C#N)c1N. The van der Waals surface area contributed by atoms with Gasteiger partial charge in [-0.2, -0.15) is 5.26 Å². The molecule has 5 nitrogen and oxygen atoms in total. The van der Waals surface area contributed by atoms with E-state index in [0.717, 1.165) is 11.3 Å². The van der Waals surface area contributed by atoms with Crippen molar-refractivity contribution < 1.29 is 4.74 Å². The molecule has 0 amide bonds. The van der Waals surface area contributed by atoms with Crippen molar-refractivity contribution in [3.05, 3.63) is 47.7 Å². The first-order valence-electron chi connectivity index (χ1n) is 6.75. The van der Waals surface area contributed by atoms with E-state index in [4.69, 9.17) is 15.7 Å². The van der Waals surface area contributed by atoms with Crippen molar-refractivity contribution in [2.75, 3.05) is 11.1 Å². The van der Waals surface area contributed by atoms with Crippen LogP contribution in [-0.2, 0) is 6.54 Å². The fourth-order valence-electron chi connectivity index (χ4n) is 1.90. The Hall–Kier alpha value is -2.74. The normalized spacial score (nSPS) is 10.2. The highest BCUT2D eigenvalue weighted by Gasteiger charge is 2.08. The molecule has 3 N–H and O–H groups in total. The molecule has 0 saturated carbocycles. The van der Waals surface area contributed by atoms with Crippen molar-refractivity contribution in [3.63, 3.8) is 0 Å². The van der Waals surface area contributed by atoms with E-state index >= 15 is 0 Å². The van der Waals surface area contributed by atoms with E-state index in [1.165, 1.54) is 0 Å². The molecule has 108 valence electrons. The van der Waals surface area contributed by atoms with Crippen LogP contribution in [-0.4, -0.2) is 11.1 Å². The number of nitrogens with one attached hydrogen (secondary N) is 1. The summed E-state index contributed by atoms with van der Waals surface area (Å²) >= 11 is 0. The molecule has 2 aromatic rings. The number of ether oxygens (including phenoxy) is 1. The van der Waals surface area contributed by atoms with E-state index < -0.39 is 0 Å². The molecular formula is C16H18N4O. The minimum absolute atomic E-state index is 0.0608. The van der Waals surface area contributed by atoms with Crippen molar-refractivity contribution in [1.29, 1.82) is 5.26 Å². The summed E-state index contributed by atoms with van der Waals surface area (Å²) in [6.45, 7) is 4.44. The van der Waals surface area contributed by atoms with Gasteiger partial charge in [-0.25, -0.2) is 4.98 Å². The second-order valence-electron chi connectivity index (χ2n) is 4.87. The number of benzene rings is 1. The number of rotatable bonds is 5. The largest absolute Gasteiger partial charge is 0.475 e. The lowest BCUT2D eigenvalue weighted by atomic mass is 10.1. The van der Waals surface area contributed by atoms with Crippen LogP contribution in [0.3, 0.4) is 0 Å². The van der Waals surface area contributed by atoms with Gasteiger partial charge in [-0.15, -0.1) is 0 Å². The van der Waals surface area contributed by atoms with Crippen LogP contribution in [0.25, 0.3) is 0 Å². The standard InChI is InChI=1S/C16H18N4O/c1-11(2)21-16-13(6-4-8-19-16)10-20-14-7-3-5-12(9-17)15(14)18/h3-8,11,20H,10,18H2,1-2H3. The summed E-state index contributed by atoms with van der Waals surface area (Å²) in [5.74, 6) is 0.606. The van der Waals surface area contributed by atoms with Gasteiger partial charge in [-0.05, 0) is 32.0 Å². The predicted molar refractivity (Wildman–Crippen MR) is 82.9 cm³/mol. The third-order valence-electron chi connectivity index (χ3n) is 2.89. The molecule has 0 aliphatic carbocycles. The second-order valence-corrected chi connectivity index (χ2v) is 4.87. The van der Waals surface area contributed by atoms with Gasteiger partial charge in [0.05, 0.1) is 23.0 Å². The smallest absolute Gasteiger partial charge is 0.218 e. The monoisotopic (exact) mass is 282 g/mol. The second kappa shape index (κ2) is 6.62. The van der Waals surface area contributed by atoms with Crippen LogP contribution in [0.5, 0.6) is 5.88 Å². The third kappa shape index (κ3) is 3.63. The van der Waals surface area contributed by atoms with Crippen LogP contribution in [0.2, 0.25) is 0 Å². The summed E-state index contributed by atoms with van der Waals surface area (Å²) < 4.78 is 5.67. The molecule has 0 bridgehead atoms. The number of pyridine rings is 1. The van der Waals surface area contributed by atoms with Gasteiger partial charge in [0.15, 0.2) is 0 Å². The summed E-state index contributed by atoms with van der Waals surface area (Å²) in [5, 5.41) is 12.2. The molecule has 0 unspecified atom stereocenters. The molecule has 2 rings (SSSR count). The highest BCUT2D eigenvalue weighted by Crippen LogP contribution is 2.24. The number of aromatic nitrogens is 1. The third-order valence-corrected chi connectivity index (χ3v) is 2.89. The van der Waals surface area contributed by atoms with E-state index in [-0.39, 0.29) is 6.10 Å². The maximum atomic E-state index is 8.98. The van der Waals surface area contributed by atoms with Crippen molar-refractivity contribution in [2.24, 2.45) is 0 Å². The zero-order valence-corrected chi connectivity index (χ0v) is 12.1. The summed E-state index contributed by atoms with van der Waals surface area (Å²) in [4.78, 5) is 4.24. The lowest BCUT2D eigenvalue weighted by Gasteiger charge is -2.14. The highest BCUT2D eigenvalue weighted by atomic mass is 16.5. The molecule has 1 heterocycles. The first-order chi connectivity index (χ1) is 10.1. The van der Waals surface area contributed by atoms with Gasteiger partial charge in [-0.1, -0.05) is 12.1 Å². The molecule has 0 aliphatic heterocycles. The molecule has 21 heavy (non-hydrogen) atoms. The lowest BCUT2D eigenvalue weighted by molar-refractivity contribution is 0.230. The average molecular weight is 282 g/mol. The van der Waals surface area contributed by atoms with E-state index in [9.17, 15) is 0 Å². The van der Waals surface area contributed by atoms with Crippen LogP contribution in [0, 0.1) is 11.3 Å². The maximum Gasteiger partial charge on any atom is 0.218 e. The fourth-order valence-corrected chi connectivity index (χ4v) is 1.90. The molecule has 0 saturated heterocycles. The average Bonchev–Trinajstić information content (AvgIpc) is 2.47. The highest BCUT2D eigenvalue weighted by molar-refractivity contribution is 5.72. The van der Waals surface area contributed by atoms with Gasteiger partial charge in [0.25, 0.3) is 0 Å². The van der Waals surface area contributed by atoms with Crippen LogP contribution >= 0.6 is 0 Å². The molecule has 0 aliphatic rings. The quantitative estimate of drug-likeness (QED) is 0.824. The molecule has 0 fully saturated rings. The minimum Gasteiger partial charge on any atom is -0.475 e.